The number of nitrogens with two attached hydrogens (primary N) is 1. The van der Waals surface area contributed by atoms with Gasteiger partial charge < -0.3 is 15.2 Å². The number of likely N-dealkylation sites (tertiary alicyclic amines) is 1. The first-order valence-corrected chi connectivity index (χ1v) is 7.69. The number of aromatic nitrogens is 2. The minimum atomic E-state index is 0.307. The number of rotatable bonds is 2. The summed E-state index contributed by atoms with van der Waals surface area (Å²) >= 11 is 0. The van der Waals surface area contributed by atoms with E-state index in [1.54, 1.807) is 0 Å². The fourth-order valence-corrected chi connectivity index (χ4v) is 3.39. The van der Waals surface area contributed by atoms with Crippen LogP contribution < -0.4 is 5.73 Å². The van der Waals surface area contributed by atoms with Crippen molar-refractivity contribution in [2.24, 2.45) is 5.73 Å². The Hall–Kier alpha value is -0.870. The topological polar surface area (TPSA) is 47.1 Å². The van der Waals surface area contributed by atoms with Crippen LogP contribution in [0.15, 0.2) is 6.20 Å². The molecule has 0 aliphatic carbocycles. The summed E-state index contributed by atoms with van der Waals surface area (Å²) in [7, 11) is 0. The number of hydrogen-bond acceptors (Lipinski definition) is 3. The van der Waals surface area contributed by atoms with E-state index in [9.17, 15) is 0 Å². The van der Waals surface area contributed by atoms with Crippen LogP contribution in [0.25, 0.3) is 0 Å². The lowest BCUT2D eigenvalue weighted by Crippen LogP contribution is -2.39. The monoisotopic (exact) mass is 262 g/mol. The zero-order chi connectivity index (χ0) is 13.4. The maximum Gasteiger partial charge on any atom is 0.110 e. The van der Waals surface area contributed by atoms with E-state index in [2.05, 4.69) is 29.5 Å². The Morgan fingerprint density at radius 1 is 1.32 bits per heavy atom. The van der Waals surface area contributed by atoms with Gasteiger partial charge in [0.1, 0.15) is 5.82 Å². The Morgan fingerprint density at radius 3 is 2.95 bits per heavy atom. The molecule has 0 amide bonds. The van der Waals surface area contributed by atoms with Crippen molar-refractivity contribution in [2.75, 3.05) is 13.1 Å². The Labute approximate surface area is 116 Å². The molecule has 1 saturated heterocycles. The van der Waals surface area contributed by atoms with Crippen molar-refractivity contribution >= 4 is 0 Å². The van der Waals surface area contributed by atoms with Gasteiger partial charge in [0, 0.05) is 43.7 Å². The van der Waals surface area contributed by atoms with Crippen molar-refractivity contribution in [1.82, 2.24) is 14.5 Å². The van der Waals surface area contributed by atoms with Crippen molar-refractivity contribution in [3.63, 3.8) is 0 Å². The second-order valence-electron chi connectivity index (χ2n) is 6.46. The van der Waals surface area contributed by atoms with Crippen molar-refractivity contribution in [1.29, 1.82) is 0 Å². The third kappa shape index (κ3) is 2.70. The van der Waals surface area contributed by atoms with Crippen LogP contribution in [0, 0.1) is 0 Å². The highest BCUT2D eigenvalue weighted by Gasteiger charge is 2.26. The fourth-order valence-electron chi connectivity index (χ4n) is 3.39. The average Bonchev–Trinajstić information content (AvgIpc) is 2.81. The quantitative estimate of drug-likeness (QED) is 0.883. The van der Waals surface area contributed by atoms with Crippen molar-refractivity contribution in [3.8, 4) is 0 Å². The normalized spacial score (nSPS) is 28.6. The second-order valence-corrected chi connectivity index (χ2v) is 6.46. The molecule has 0 aromatic carbocycles. The molecule has 4 heteroatoms. The maximum atomic E-state index is 6.04. The Kier molecular flexibility index (Phi) is 3.63. The Bertz CT molecular complexity index is 437. The highest BCUT2D eigenvalue weighted by atomic mass is 15.2. The van der Waals surface area contributed by atoms with E-state index >= 15 is 0 Å². The van der Waals surface area contributed by atoms with Crippen LogP contribution >= 0.6 is 0 Å². The van der Waals surface area contributed by atoms with Gasteiger partial charge in [0.05, 0.1) is 5.69 Å². The SMILES string of the molecule is CC(C)N1CCCC(c2cn3c(n2)CC(N)CC3)C1. The number of fused-ring (bicyclic) bond motifs is 1. The van der Waals surface area contributed by atoms with Crippen LogP contribution in [0.3, 0.4) is 0 Å². The lowest BCUT2D eigenvalue weighted by molar-refractivity contribution is 0.166. The number of imidazole rings is 1. The molecule has 2 N–H and O–H groups in total. The van der Waals surface area contributed by atoms with Crippen molar-refractivity contribution < 1.29 is 0 Å². The van der Waals surface area contributed by atoms with Gasteiger partial charge in [-0.1, -0.05) is 0 Å². The van der Waals surface area contributed by atoms with Gasteiger partial charge in [-0.05, 0) is 39.7 Å². The van der Waals surface area contributed by atoms with Gasteiger partial charge in [-0.2, -0.15) is 0 Å². The Morgan fingerprint density at radius 2 is 2.16 bits per heavy atom. The third-order valence-electron chi connectivity index (χ3n) is 4.66. The zero-order valence-electron chi connectivity index (χ0n) is 12.2. The molecule has 1 aromatic heterocycles. The van der Waals surface area contributed by atoms with Crippen LogP contribution in [-0.4, -0.2) is 39.6 Å². The van der Waals surface area contributed by atoms with E-state index in [0.29, 0.717) is 18.0 Å². The van der Waals surface area contributed by atoms with Gasteiger partial charge in [0.25, 0.3) is 0 Å². The van der Waals surface area contributed by atoms with Gasteiger partial charge in [0.2, 0.25) is 0 Å². The average molecular weight is 262 g/mol. The summed E-state index contributed by atoms with van der Waals surface area (Å²) < 4.78 is 2.33. The molecule has 4 nitrogen and oxygen atoms in total. The van der Waals surface area contributed by atoms with E-state index in [0.717, 1.165) is 19.4 Å². The molecule has 2 unspecified atom stereocenters. The van der Waals surface area contributed by atoms with Crippen LogP contribution in [0.2, 0.25) is 0 Å². The summed E-state index contributed by atoms with van der Waals surface area (Å²) in [5.74, 6) is 1.82. The van der Waals surface area contributed by atoms with Crippen LogP contribution in [0.1, 0.15) is 50.5 Å². The lowest BCUT2D eigenvalue weighted by atomic mass is 9.94. The zero-order valence-corrected chi connectivity index (χ0v) is 12.2. The van der Waals surface area contributed by atoms with Crippen LogP contribution in [0.4, 0.5) is 0 Å². The molecule has 0 saturated carbocycles. The predicted molar refractivity (Wildman–Crippen MR) is 77.2 cm³/mol. The van der Waals surface area contributed by atoms with Gasteiger partial charge in [-0.3, -0.25) is 0 Å². The standard InChI is InChI=1S/C15H26N4/c1-11(2)18-6-3-4-12(9-18)14-10-19-7-5-13(16)8-15(19)17-14/h10-13H,3-9,16H2,1-2H3. The summed E-state index contributed by atoms with van der Waals surface area (Å²) in [6.07, 6.45) is 6.90. The highest BCUT2D eigenvalue weighted by Crippen LogP contribution is 2.28. The first-order valence-electron chi connectivity index (χ1n) is 7.69. The summed E-state index contributed by atoms with van der Waals surface area (Å²) in [6.45, 7) is 8.04. The first-order chi connectivity index (χ1) is 9.13. The second kappa shape index (κ2) is 5.25. The predicted octanol–water partition coefficient (Wildman–Crippen LogP) is 1.74. The van der Waals surface area contributed by atoms with E-state index < -0.39 is 0 Å². The molecule has 0 radical (unpaired) electrons. The number of hydrogen-bond donors (Lipinski definition) is 1. The number of nitrogens with zero attached hydrogens (tertiary/aromatic N) is 3. The fraction of sp³-hybridized carbons (Fsp3) is 0.800. The molecule has 1 aromatic rings. The third-order valence-corrected chi connectivity index (χ3v) is 4.66. The molecule has 2 aliphatic heterocycles. The van der Waals surface area contributed by atoms with E-state index in [-0.39, 0.29) is 0 Å². The number of aryl methyl sites for hydroxylation is 1. The van der Waals surface area contributed by atoms with Gasteiger partial charge in [-0.25, -0.2) is 4.98 Å². The smallest absolute Gasteiger partial charge is 0.110 e. The highest BCUT2D eigenvalue weighted by molar-refractivity contribution is 5.13. The van der Waals surface area contributed by atoms with Crippen LogP contribution in [-0.2, 0) is 13.0 Å². The molecule has 2 atom stereocenters. The van der Waals surface area contributed by atoms with E-state index in [4.69, 9.17) is 10.7 Å². The van der Waals surface area contributed by atoms with E-state index in [1.165, 1.54) is 37.4 Å². The van der Waals surface area contributed by atoms with E-state index in [1.807, 2.05) is 0 Å². The molecular formula is C15H26N4. The Balaban J connectivity index is 1.75. The number of piperidine rings is 1. The first kappa shape index (κ1) is 13.1. The minimum absolute atomic E-state index is 0.307. The van der Waals surface area contributed by atoms with Gasteiger partial charge in [0.15, 0.2) is 0 Å². The molecule has 3 heterocycles. The minimum Gasteiger partial charge on any atom is -0.335 e. The molecule has 0 spiro atoms. The maximum absolute atomic E-state index is 6.04. The summed E-state index contributed by atoms with van der Waals surface area (Å²) in [6, 6.07) is 0.953. The van der Waals surface area contributed by atoms with Crippen molar-refractivity contribution in [2.45, 2.75) is 64.1 Å². The summed E-state index contributed by atoms with van der Waals surface area (Å²) in [4.78, 5) is 7.46. The summed E-state index contributed by atoms with van der Waals surface area (Å²) in [5.41, 5.74) is 7.34. The molecule has 3 rings (SSSR count). The van der Waals surface area contributed by atoms with Crippen LogP contribution in [0.5, 0.6) is 0 Å². The largest absolute Gasteiger partial charge is 0.335 e. The molecule has 0 bridgehead atoms. The molecule has 2 aliphatic rings. The van der Waals surface area contributed by atoms with Crippen molar-refractivity contribution in [3.05, 3.63) is 17.7 Å². The van der Waals surface area contributed by atoms with Gasteiger partial charge in [-0.15, -0.1) is 0 Å². The summed E-state index contributed by atoms with van der Waals surface area (Å²) in [5, 5.41) is 0. The molecule has 1 fully saturated rings. The molecule has 19 heavy (non-hydrogen) atoms. The molecule has 106 valence electrons. The molecular weight excluding hydrogens is 236 g/mol. The lowest BCUT2D eigenvalue weighted by Gasteiger charge is -2.34. The van der Waals surface area contributed by atoms with Gasteiger partial charge >= 0.3 is 0 Å².